The van der Waals surface area contributed by atoms with E-state index in [-0.39, 0.29) is 18.5 Å². The lowest BCUT2D eigenvalue weighted by Gasteiger charge is -2.27. The Balaban J connectivity index is 1.84. The quantitative estimate of drug-likeness (QED) is 0.814. The summed E-state index contributed by atoms with van der Waals surface area (Å²) in [6, 6.07) is 9.52. The molecule has 1 aromatic rings. The zero-order chi connectivity index (χ0) is 12.1. The molecule has 1 aliphatic rings. The molecule has 1 aromatic carbocycles. The Morgan fingerprint density at radius 2 is 1.94 bits per heavy atom. The van der Waals surface area contributed by atoms with E-state index < -0.39 is 6.10 Å². The summed E-state index contributed by atoms with van der Waals surface area (Å²) >= 11 is 0. The molecule has 0 saturated heterocycles. The summed E-state index contributed by atoms with van der Waals surface area (Å²) in [5.41, 5.74) is 0.947. The average molecular weight is 234 g/mol. The van der Waals surface area contributed by atoms with Gasteiger partial charge in [0.05, 0.1) is 12.5 Å². The predicted molar refractivity (Wildman–Crippen MR) is 64.5 cm³/mol. The number of ether oxygens (including phenoxy) is 1. The molecule has 0 aliphatic heterocycles. The summed E-state index contributed by atoms with van der Waals surface area (Å²) in [6.45, 7) is 0. The van der Waals surface area contributed by atoms with Gasteiger partial charge in [0.1, 0.15) is 6.10 Å². The Hall–Kier alpha value is -1.35. The number of hydrogen-bond acceptors (Lipinski definition) is 3. The van der Waals surface area contributed by atoms with E-state index >= 15 is 0 Å². The van der Waals surface area contributed by atoms with Gasteiger partial charge in [-0.25, -0.2) is 0 Å². The van der Waals surface area contributed by atoms with Gasteiger partial charge in [-0.15, -0.1) is 0 Å². The maximum absolute atomic E-state index is 11.7. The SMILES string of the molecule is O=C(Cc1ccccc1)O[C@@H]1CCCC[C@H]1O. The number of hydrogen-bond donors (Lipinski definition) is 1. The average Bonchev–Trinajstić information content (AvgIpc) is 2.33. The van der Waals surface area contributed by atoms with E-state index in [1.807, 2.05) is 30.3 Å². The summed E-state index contributed by atoms with van der Waals surface area (Å²) in [7, 11) is 0. The molecule has 17 heavy (non-hydrogen) atoms. The number of aliphatic hydroxyl groups is 1. The number of carbonyl (C=O) groups is 1. The van der Waals surface area contributed by atoms with Crippen LogP contribution in [-0.4, -0.2) is 23.3 Å². The fraction of sp³-hybridized carbons (Fsp3) is 0.500. The second-order valence-corrected chi connectivity index (χ2v) is 4.54. The van der Waals surface area contributed by atoms with Gasteiger partial charge >= 0.3 is 5.97 Å². The van der Waals surface area contributed by atoms with Crippen molar-refractivity contribution < 1.29 is 14.6 Å². The van der Waals surface area contributed by atoms with Gasteiger partial charge in [0, 0.05) is 0 Å². The molecule has 1 N–H and O–H groups in total. The van der Waals surface area contributed by atoms with Crippen molar-refractivity contribution in [3.8, 4) is 0 Å². The normalized spacial score (nSPS) is 24.3. The maximum atomic E-state index is 11.7. The number of carbonyl (C=O) groups excluding carboxylic acids is 1. The number of esters is 1. The molecule has 0 bridgehead atoms. The number of aliphatic hydroxyl groups excluding tert-OH is 1. The molecule has 0 spiro atoms. The highest BCUT2D eigenvalue weighted by atomic mass is 16.6. The molecule has 0 radical (unpaired) electrons. The Kier molecular flexibility index (Phi) is 4.15. The van der Waals surface area contributed by atoms with E-state index in [9.17, 15) is 9.90 Å². The van der Waals surface area contributed by atoms with Gasteiger partial charge in [0.15, 0.2) is 0 Å². The van der Waals surface area contributed by atoms with Crippen molar-refractivity contribution in [2.45, 2.75) is 44.3 Å². The lowest BCUT2D eigenvalue weighted by molar-refractivity contribution is -0.156. The summed E-state index contributed by atoms with van der Waals surface area (Å²) < 4.78 is 5.32. The first-order valence-electron chi connectivity index (χ1n) is 6.17. The third kappa shape index (κ3) is 3.56. The first-order chi connectivity index (χ1) is 8.25. The maximum Gasteiger partial charge on any atom is 0.310 e. The number of benzene rings is 1. The molecule has 3 heteroatoms. The van der Waals surface area contributed by atoms with Gasteiger partial charge in [-0.3, -0.25) is 4.79 Å². The molecule has 1 fully saturated rings. The third-order valence-corrected chi connectivity index (χ3v) is 3.14. The summed E-state index contributed by atoms with van der Waals surface area (Å²) in [5.74, 6) is -0.248. The van der Waals surface area contributed by atoms with Crippen LogP contribution < -0.4 is 0 Å². The van der Waals surface area contributed by atoms with Gasteiger partial charge in [-0.05, 0) is 24.8 Å². The molecule has 3 nitrogen and oxygen atoms in total. The summed E-state index contributed by atoms with van der Waals surface area (Å²) in [6.07, 6.45) is 3.06. The Labute approximate surface area is 101 Å². The molecule has 2 rings (SSSR count). The van der Waals surface area contributed by atoms with Crippen LogP contribution in [0.2, 0.25) is 0 Å². The van der Waals surface area contributed by atoms with Crippen molar-refractivity contribution >= 4 is 5.97 Å². The van der Waals surface area contributed by atoms with E-state index in [0.29, 0.717) is 0 Å². The largest absolute Gasteiger partial charge is 0.459 e. The summed E-state index contributed by atoms with van der Waals surface area (Å²) in [4.78, 5) is 11.7. The van der Waals surface area contributed by atoms with Crippen molar-refractivity contribution in [1.82, 2.24) is 0 Å². The molecular weight excluding hydrogens is 216 g/mol. The predicted octanol–water partition coefficient (Wildman–Crippen LogP) is 2.08. The lowest BCUT2D eigenvalue weighted by Crippen LogP contribution is -2.34. The molecule has 1 saturated carbocycles. The Bertz CT molecular complexity index is 361. The highest BCUT2D eigenvalue weighted by molar-refractivity contribution is 5.72. The first kappa shape index (κ1) is 12.1. The number of rotatable bonds is 3. The fourth-order valence-electron chi connectivity index (χ4n) is 2.19. The van der Waals surface area contributed by atoms with Crippen molar-refractivity contribution in [1.29, 1.82) is 0 Å². The summed E-state index contributed by atoms with van der Waals surface area (Å²) in [5, 5.41) is 9.71. The van der Waals surface area contributed by atoms with Crippen LogP contribution in [0, 0.1) is 0 Å². The molecule has 0 unspecified atom stereocenters. The topological polar surface area (TPSA) is 46.5 Å². The van der Waals surface area contributed by atoms with E-state index in [2.05, 4.69) is 0 Å². The van der Waals surface area contributed by atoms with E-state index in [1.54, 1.807) is 0 Å². The highest BCUT2D eigenvalue weighted by Gasteiger charge is 2.26. The fourth-order valence-corrected chi connectivity index (χ4v) is 2.19. The van der Waals surface area contributed by atoms with Crippen molar-refractivity contribution in [3.63, 3.8) is 0 Å². The van der Waals surface area contributed by atoms with Gasteiger partial charge in [-0.1, -0.05) is 36.8 Å². The first-order valence-corrected chi connectivity index (χ1v) is 6.17. The van der Waals surface area contributed by atoms with Crippen LogP contribution in [0.5, 0.6) is 0 Å². The van der Waals surface area contributed by atoms with E-state index in [4.69, 9.17) is 4.74 Å². The third-order valence-electron chi connectivity index (χ3n) is 3.14. The zero-order valence-corrected chi connectivity index (χ0v) is 9.84. The van der Waals surface area contributed by atoms with Gasteiger partial charge in [0.25, 0.3) is 0 Å². The molecule has 1 aliphatic carbocycles. The Morgan fingerprint density at radius 1 is 1.24 bits per heavy atom. The molecule has 92 valence electrons. The van der Waals surface area contributed by atoms with Crippen LogP contribution >= 0.6 is 0 Å². The standard InChI is InChI=1S/C14H18O3/c15-12-8-4-5-9-13(12)17-14(16)10-11-6-2-1-3-7-11/h1-3,6-7,12-13,15H,4-5,8-10H2/t12-,13-/m1/s1. The highest BCUT2D eigenvalue weighted by Crippen LogP contribution is 2.21. The Morgan fingerprint density at radius 3 is 2.65 bits per heavy atom. The molecule has 0 aromatic heterocycles. The van der Waals surface area contributed by atoms with Crippen molar-refractivity contribution in [2.24, 2.45) is 0 Å². The van der Waals surface area contributed by atoms with E-state index in [1.165, 1.54) is 0 Å². The van der Waals surface area contributed by atoms with Crippen LogP contribution in [0.4, 0.5) is 0 Å². The second kappa shape index (κ2) is 5.82. The van der Waals surface area contributed by atoms with Crippen molar-refractivity contribution in [3.05, 3.63) is 35.9 Å². The lowest BCUT2D eigenvalue weighted by atomic mass is 9.95. The van der Waals surface area contributed by atoms with Gasteiger partial charge in [0.2, 0.25) is 0 Å². The van der Waals surface area contributed by atoms with Crippen LogP contribution in [0.1, 0.15) is 31.2 Å². The second-order valence-electron chi connectivity index (χ2n) is 4.54. The van der Waals surface area contributed by atoms with Crippen LogP contribution in [0.3, 0.4) is 0 Å². The van der Waals surface area contributed by atoms with Crippen LogP contribution in [-0.2, 0) is 16.0 Å². The smallest absolute Gasteiger partial charge is 0.310 e. The van der Waals surface area contributed by atoms with Gasteiger partial charge < -0.3 is 9.84 Å². The molecular formula is C14H18O3. The minimum absolute atomic E-state index is 0.248. The van der Waals surface area contributed by atoms with Crippen LogP contribution in [0.25, 0.3) is 0 Å². The monoisotopic (exact) mass is 234 g/mol. The zero-order valence-electron chi connectivity index (χ0n) is 9.84. The van der Waals surface area contributed by atoms with Gasteiger partial charge in [-0.2, -0.15) is 0 Å². The van der Waals surface area contributed by atoms with Crippen molar-refractivity contribution in [2.75, 3.05) is 0 Å². The molecule has 0 heterocycles. The van der Waals surface area contributed by atoms with E-state index in [0.717, 1.165) is 31.2 Å². The molecule has 0 amide bonds. The minimum atomic E-state index is -0.483. The minimum Gasteiger partial charge on any atom is -0.459 e. The molecule has 2 atom stereocenters. The van der Waals surface area contributed by atoms with Crippen LogP contribution in [0.15, 0.2) is 30.3 Å².